The Balaban J connectivity index is 2.12. The van der Waals surface area contributed by atoms with E-state index in [1.54, 1.807) is 31.2 Å². The van der Waals surface area contributed by atoms with Crippen LogP contribution in [0, 0.1) is 0 Å². The van der Waals surface area contributed by atoms with E-state index in [4.69, 9.17) is 5.11 Å². The monoisotopic (exact) mass is 318 g/mol. The molecule has 0 fully saturated rings. The smallest absolute Gasteiger partial charge is 0.311 e. The van der Waals surface area contributed by atoms with Crippen molar-refractivity contribution in [1.82, 2.24) is 20.4 Å². The maximum atomic E-state index is 11.9. The van der Waals surface area contributed by atoms with Gasteiger partial charge < -0.3 is 15.3 Å². The molecular formula is C15H18N4O4. The molecule has 1 aromatic carbocycles. The average molecular weight is 318 g/mol. The summed E-state index contributed by atoms with van der Waals surface area (Å²) in [6, 6.07) is 6.88. The molecule has 1 aromatic heterocycles. The van der Waals surface area contributed by atoms with Gasteiger partial charge in [-0.05, 0) is 13.0 Å². The van der Waals surface area contributed by atoms with Gasteiger partial charge in [0.15, 0.2) is 0 Å². The Hall–Kier alpha value is -2.74. The number of aromatic nitrogens is 2. The van der Waals surface area contributed by atoms with Gasteiger partial charge in [-0.3, -0.25) is 14.4 Å². The zero-order chi connectivity index (χ0) is 16.8. The van der Waals surface area contributed by atoms with E-state index >= 15 is 0 Å². The molecule has 3 N–H and O–H groups in total. The number of rotatable bonds is 5. The van der Waals surface area contributed by atoms with E-state index in [1.165, 1.54) is 4.90 Å². The molecule has 0 aliphatic rings. The number of fused-ring (bicyclic) bond motifs is 1. The SMILES string of the molecule is CCN(CCO)C(=O)C(=O)NCc1n[nH]c(=O)c2ccccc12. The standard InChI is InChI=1S/C15H18N4O4/c1-2-19(7-8-20)15(23)14(22)16-9-12-10-5-3-4-6-11(10)13(21)18-17-12/h3-6,20H,2,7-9H2,1H3,(H,16,22)(H,18,21). The van der Waals surface area contributed by atoms with Crippen LogP contribution in [0.1, 0.15) is 12.6 Å². The van der Waals surface area contributed by atoms with Crippen LogP contribution in [0.5, 0.6) is 0 Å². The molecule has 0 aliphatic heterocycles. The first-order valence-corrected chi connectivity index (χ1v) is 7.22. The third-order valence-electron chi connectivity index (χ3n) is 3.42. The number of aliphatic hydroxyl groups is 1. The number of nitrogens with zero attached hydrogens (tertiary/aromatic N) is 2. The van der Waals surface area contributed by atoms with Crippen molar-refractivity contribution in [3.63, 3.8) is 0 Å². The number of aliphatic hydroxyl groups excluding tert-OH is 1. The van der Waals surface area contributed by atoms with Gasteiger partial charge in [0.05, 0.1) is 24.2 Å². The topological polar surface area (TPSA) is 115 Å². The van der Waals surface area contributed by atoms with E-state index in [9.17, 15) is 14.4 Å². The van der Waals surface area contributed by atoms with Crippen molar-refractivity contribution in [2.45, 2.75) is 13.5 Å². The molecule has 1 heterocycles. The predicted octanol–water partition coefficient (Wildman–Crippen LogP) is -0.620. The van der Waals surface area contributed by atoms with Crippen molar-refractivity contribution >= 4 is 22.6 Å². The van der Waals surface area contributed by atoms with E-state index in [2.05, 4.69) is 15.5 Å². The highest BCUT2D eigenvalue weighted by molar-refractivity contribution is 6.34. The van der Waals surface area contributed by atoms with Gasteiger partial charge in [0.2, 0.25) is 0 Å². The molecular weight excluding hydrogens is 300 g/mol. The van der Waals surface area contributed by atoms with Gasteiger partial charge in [-0.15, -0.1) is 0 Å². The van der Waals surface area contributed by atoms with E-state index in [0.29, 0.717) is 23.0 Å². The zero-order valence-electron chi connectivity index (χ0n) is 12.7. The molecule has 0 spiro atoms. The molecule has 8 nitrogen and oxygen atoms in total. The third-order valence-corrected chi connectivity index (χ3v) is 3.42. The van der Waals surface area contributed by atoms with E-state index in [1.807, 2.05) is 0 Å². The number of aromatic amines is 1. The lowest BCUT2D eigenvalue weighted by atomic mass is 10.1. The van der Waals surface area contributed by atoms with Crippen LogP contribution in [0.25, 0.3) is 10.8 Å². The van der Waals surface area contributed by atoms with Crippen molar-refractivity contribution in [1.29, 1.82) is 0 Å². The zero-order valence-corrected chi connectivity index (χ0v) is 12.7. The molecule has 23 heavy (non-hydrogen) atoms. The summed E-state index contributed by atoms with van der Waals surface area (Å²) in [6.07, 6.45) is 0. The first kappa shape index (κ1) is 16.6. The van der Waals surface area contributed by atoms with Crippen LogP contribution in [-0.4, -0.2) is 51.7 Å². The Kier molecular flexibility index (Phi) is 5.42. The van der Waals surface area contributed by atoms with Crippen molar-refractivity contribution in [3.05, 3.63) is 40.3 Å². The van der Waals surface area contributed by atoms with E-state index in [0.717, 1.165) is 0 Å². The minimum absolute atomic E-state index is 0.0124. The summed E-state index contributed by atoms with van der Waals surface area (Å²) >= 11 is 0. The van der Waals surface area contributed by atoms with E-state index in [-0.39, 0.29) is 25.3 Å². The van der Waals surface area contributed by atoms with Crippen LogP contribution >= 0.6 is 0 Å². The number of carbonyl (C=O) groups excluding carboxylic acids is 2. The molecule has 0 saturated heterocycles. The predicted molar refractivity (Wildman–Crippen MR) is 83.6 cm³/mol. The summed E-state index contributed by atoms with van der Waals surface area (Å²) in [5, 5.41) is 18.7. The highest BCUT2D eigenvalue weighted by Gasteiger charge is 2.20. The Bertz CT molecular complexity index is 771. The summed E-state index contributed by atoms with van der Waals surface area (Å²) in [5.41, 5.74) is 0.151. The lowest BCUT2D eigenvalue weighted by Gasteiger charge is -2.18. The summed E-state index contributed by atoms with van der Waals surface area (Å²) in [4.78, 5) is 36.8. The minimum Gasteiger partial charge on any atom is -0.395 e. The summed E-state index contributed by atoms with van der Waals surface area (Å²) < 4.78 is 0. The normalized spacial score (nSPS) is 10.5. The van der Waals surface area contributed by atoms with Gasteiger partial charge in [-0.25, -0.2) is 5.10 Å². The van der Waals surface area contributed by atoms with Gasteiger partial charge in [0.25, 0.3) is 5.56 Å². The first-order chi connectivity index (χ1) is 11.1. The fourth-order valence-electron chi connectivity index (χ4n) is 2.21. The first-order valence-electron chi connectivity index (χ1n) is 7.22. The number of benzene rings is 1. The van der Waals surface area contributed by atoms with Gasteiger partial charge in [-0.1, -0.05) is 18.2 Å². The highest BCUT2D eigenvalue weighted by Crippen LogP contribution is 2.11. The van der Waals surface area contributed by atoms with Crippen LogP contribution in [0.2, 0.25) is 0 Å². The number of amides is 2. The largest absolute Gasteiger partial charge is 0.395 e. The Morgan fingerprint density at radius 1 is 1.30 bits per heavy atom. The average Bonchev–Trinajstić information content (AvgIpc) is 2.58. The van der Waals surface area contributed by atoms with Crippen LogP contribution < -0.4 is 10.9 Å². The second-order valence-electron chi connectivity index (χ2n) is 4.84. The second kappa shape index (κ2) is 7.50. The molecule has 0 aliphatic carbocycles. The van der Waals surface area contributed by atoms with E-state index < -0.39 is 11.8 Å². The molecule has 0 bridgehead atoms. The lowest BCUT2D eigenvalue weighted by molar-refractivity contribution is -0.146. The van der Waals surface area contributed by atoms with Crippen molar-refractivity contribution in [2.75, 3.05) is 19.7 Å². The molecule has 2 amide bonds. The molecule has 0 radical (unpaired) electrons. The fraction of sp³-hybridized carbons (Fsp3) is 0.333. The molecule has 122 valence electrons. The van der Waals surface area contributed by atoms with Crippen molar-refractivity contribution < 1.29 is 14.7 Å². The maximum absolute atomic E-state index is 11.9. The van der Waals surface area contributed by atoms with Crippen LogP contribution in [-0.2, 0) is 16.1 Å². The third kappa shape index (κ3) is 3.72. The molecule has 8 heteroatoms. The maximum Gasteiger partial charge on any atom is 0.311 e. The molecule has 0 atom stereocenters. The van der Waals surface area contributed by atoms with Crippen LogP contribution in [0.4, 0.5) is 0 Å². The molecule has 2 aromatic rings. The van der Waals surface area contributed by atoms with Gasteiger partial charge in [0.1, 0.15) is 0 Å². The number of likely N-dealkylation sites (N-methyl/N-ethyl adjacent to an activating group) is 1. The van der Waals surface area contributed by atoms with Crippen LogP contribution in [0.3, 0.4) is 0 Å². The lowest BCUT2D eigenvalue weighted by Crippen LogP contribution is -2.44. The van der Waals surface area contributed by atoms with Gasteiger partial charge >= 0.3 is 11.8 Å². The highest BCUT2D eigenvalue weighted by atomic mass is 16.3. The molecule has 2 rings (SSSR count). The Morgan fingerprint density at radius 2 is 2.00 bits per heavy atom. The number of hydrogen-bond donors (Lipinski definition) is 3. The summed E-state index contributed by atoms with van der Waals surface area (Å²) in [5.74, 6) is -1.49. The second-order valence-corrected chi connectivity index (χ2v) is 4.84. The van der Waals surface area contributed by atoms with Gasteiger partial charge in [0, 0.05) is 18.5 Å². The van der Waals surface area contributed by atoms with Crippen molar-refractivity contribution in [2.24, 2.45) is 0 Å². The summed E-state index contributed by atoms with van der Waals surface area (Å²) in [6.45, 7) is 1.95. The molecule has 0 unspecified atom stereocenters. The van der Waals surface area contributed by atoms with Crippen LogP contribution in [0.15, 0.2) is 29.1 Å². The summed E-state index contributed by atoms with van der Waals surface area (Å²) in [7, 11) is 0. The minimum atomic E-state index is -0.780. The number of hydrogen-bond acceptors (Lipinski definition) is 5. The Morgan fingerprint density at radius 3 is 2.65 bits per heavy atom. The number of nitrogens with one attached hydrogen (secondary N) is 2. The number of H-pyrrole nitrogens is 1. The van der Waals surface area contributed by atoms with Crippen molar-refractivity contribution in [3.8, 4) is 0 Å². The Labute approximate surface area is 132 Å². The quantitative estimate of drug-likeness (QED) is 0.636. The fourth-order valence-corrected chi connectivity index (χ4v) is 2.21. The van der Waals surface area contributed by atoms with Gasteiger partial charge in [-0.2, -0.15) is 5.10 Å². The molecule has 0 saturated carbocycles. The number of carbonyl (C=O) groups is 2.